The minimum Gasteiger partial charge on any atom is -0.497 e. The van der Waals surface area contributed by atoms with Crippen molar-refractivity contribution >= 4 is 17.2 Å². The smallest absolute Gasteiger partial charge is 0.220 e. The van der Waals surface area contributed by atoms with Crippen molar-refractivity contribution in [1.82, 2.24) is 5.32 Å². The van der Waals surface area contributed by atoms with E-state index in [0.29, 0.717) is 19.4 Å². The van der Waals surface area contributed by atoms with Crippen LogP contribution in [-0.4, -0.2) is 20.1 Å². The standard InChI is InChI=1S/C17H21NO3S/c1-12-6-7-22-16(12)11-18-17(19)5-4-13-8-14(20-2)10-15(9-13)21-3/h6-10H,4-5,11H2,1-3H3,(H,18,19). The van der Waals surface area contributed by atoms with Crippen LogP contribution in [0.3, 0.4) is 0 Å². The summed E-state index contributed by atoms with van der Waals surface area (Å²) in [5.74, 6) is 1.53. The first kappa shape index (κ1) is 16.4. The molecule has 0 aliphatic rings. The highest BCUT2D eigenvalue weighted by atomic mass is 32.1. The fourth-order valence-corrected chi connectivity index (χ4v) is 2.97. The van der Waals surface area contributed by atoms with Crippen molar-refractivity contribution in [2.75, 3.05) is 14.2 Å². The lowest BCUT2D eigenvalue weighted by Crippen LogP contribution is -2.22. The molecule has 0 aliphatic heterocycles. The molecule has 1 amide bonds. The second-order valence-electron chi connectivity index (χ2n) is 5.02. The summed E-state index contributed by atoms with van der Waals surface area (Å²) >= 11 is 1.67. The molecule has 2 rings (SSSR count). The molecule has 0 radical (unpaired) electrons. The van der Waals surface area contributed by atoms with Gasteiger partial charge >= 0.3 is 0 Å². The van der Waals surface area contributed by atoms with Gasteiger partial charge in [-0.05, 0) is 48.1 Å². The SMILES string of the molecule is COc1cc(CCC(=O)NCc2sccc2C)cc(OC)c1. The Labute approximate surface area is 135 Å². The fourth-order valence-electron chi connectivity index (χ4n) is 2.12. The number of hydrogen-bond acceptors (Lipinski definition) is 4. The largest absolute Gasteiger partial charge is 0.497 e. The summed E-state index contributed by atoms with van der Waals surface area (Å²) in [5, 5.41) is 5.00. The Kier molecular flexibility index (Phi) is 5.83. The second-order valence-corrected chi connectivity index (χ2v) is 6.03. The molecule has 22 heavy (non-hydrogen) atoms. The average molecular weight is 319 g/mol. The molecule has 5 heteroatoms. The molecule has 0 atom stereocenters. The van der Waals surface area contributed by atoms with Crippen molar-refractivity contribution in [3.05, 3.63) is 45.6 Å². The molecule has 0 aliphatic carbocycles. The molecule has 1 N–H and O–H groups in total. The van der Waals surface area contributed by atoms with Gasteiger partial charge < -0.3 is 14.8 Å². The van der Waals surface area contributed by atoms with E-state index in [4.69, 9.17) is 9.47 Å². The van der Waals surface area contributed by atoms with Crippen LogP contribution >= 0.6 is 11.3 Å². The molecule has 1 aromatic carbocycles. The normalized spacial score (nSPS) is 10.3. The summed E-state index contributed by atoms with van der Waals surface area (Å²) in [6.45, 7) is 2.66. The van der Waals surface area contributed by atoms with Crippen LogP contribution in [0.4, 0.5) is 0 Å². The van der Waals surface area contributed by atoms with E-state index in [2.05, 4.69) is 18.3 Å². The van der Waals surface area contributed by atoms with Crippen molar-refractivity contribution in [2.24, 2.45) is 0 Å². The van der Waals surface area contributed by atoms with E-state index in [9.17, 15) is 4.79 Å². The van der Waals surface area contributed by atoms with Crippen LogP contribution in [0.5, 0.6) is 11.5 Å². The number of rotatable bonds is 7. The van der Waals surface area contributed by atoms with E-state index in [1.807, 2.05) is 23.6 Å². The molecule has 118 valence electrons. The van der Waals surface area contributed by atoms with Crippen molar-refractivity contribution in [3.63, 3.8) is 0 Å². The fraction of sp³-hybridized carbons (Fsp3) is 0.353. The van der Waals surface area contributed by atoms with Crippen LogP contribution in [0.15, 0.2) is 29.6 Å². The number of ether oxygens (including phenoxy) is 2. The second kappa shape index (κ2) is 7.84. The van der Waals surface area contributed by atoms with Crippen molar-refractivity contribution in [1.29, 1.82) is 0 Å². The zero-order valence-electron chi connectivity index (χ0n) is 13.1. The van der Waals surface area contributed by atoms with Gasteiger partial charge in [-0.15, -0.1) is 11.3 Å². The third kappa shape index (κ3) is 4.49. The first-order valence-electron chi connectivity index (χ1n) is 7.14. The molecule has 1 aromatic heterocycles. The maximum atomic E-state index is 12.0. The minimum atomic E-state index is 0.0505. The van der Waals surface area contributed by atoms with Crippen molar-refractivity contribution in [2.45, 2.75) is 26.3 Å². The number of aryl methyl sites for hydroxylation is 2. The number of amides is 1. The zero-order valence-corrected chi connectivity index (χ0v) is 14.0. The third-order valence-corrected chi connectivity index (χ3v) is 4.49. The van der Waals surface area contributed by atoms with Crippen LogP contribution in [0, 0.1) is 6.92 Å². The summed E-state index contributed by atoms with van der Waals surface area (Å²) in [4.78, 5) is 13.2. The lowest BCUT2D eigenvalue weighted by atomic mass is 10.1. The number of methoxy groups -OCH3 is 2. The molecule has 1 heterocycles. The Morgan fingerprint density at radius 1 is 1.18 bits per heavy atom. The van der Waals surface area contributed by atoms with Crippen molar-refractivity contribution in [3.8, 4) is 11.5 Å². The number of carbonyl (C=O) groups excluding carboxylic acids is 1. The van der Waals surface area contributed by atoms with Crippen LogP contribution in [-0.2, 0) is 17.8 Å². The number of nitrogens with one attached hydrogen (secondary N) is 1. The average Bonchev–Trinajstić information content (AvgIpc) is 2.95. The van der Waals surface area contributed by atoms with Gasteiger partial charge in [-0.2, -0.15) is 0 Å². The van der Waals surface area contributed by atoms with E-state index < -0.39 is 0 Å². The molecule has 0 saturated carbocycles. The van der Waals surface area contributed by atoms with E-state index in [1.54, 1.807) is 25.6 Å². The van der Waals surface area contributed by atoms with E-state index in [-0.39, 0.29) is 5.91 Å². The summed E-state index contributed by atoms with van der Waals surface area (Å²) in [6, 6.07) is 7.75. The Morgan fingerprint density at radius 3 is 2.41 bits per heavy atom. The first-order valence-corrected chi connectivity index (χ1v) is 8.02. The maximum Gasteiger partial charge on any atom is 0.220 e. The zero-order chi connectivity index (χ0) is 15.9. The van der Waals surface area contributed by atoms with Gasteiger partial charge in [0.05, 0.1) is 20.8 Å². The Hall–Kier alpha value is -2.01. The predicted molar refractivity (Wildman–Crippen MR) is 88.8 cm³/mol. The Morgan fingerprint density at radius 2 is 1.86 bits per heavy atom. The summed E-state index contributed by atoms with van der Waals surface area (Å²) in [7, 11) is 3.24. The van der Waals surface area contributed by atoms with Crippen LogP contribution < -0.4 is 14.8 Å². The summed E-state index contributed by atoms with van der Waals surface area (Å²) in [6.07, 6.45) is 1.10. The van der Waals surface area contributed by atoms with Gasteiger partial charge in [-0.3, -0.25) is 4.79 Å². The highest BCUT2D eigenvalue weighted by molar-refractivity contribution is 7.10. The molecule has 0 saturated heterocycles. The quantitative estimate of drug-likeness (QED) is 0.851. The van der Waals surface area contributed by atoms with Gasteiger partial charge in [0.15, 0.2) is 0 Å². The molecule has 0 bridgehead atoms. The topological polar surface area (TPSA) is 47.6 Å². The molecule has 0 fully saturated rings. The minimum absolute atomic E-state index is 0.0505. The van der Waals surface area contributed by atoms with E-state index >= 15 is 0 Å². The predicted octanol–water partition coefficient (Wildman–Crippen LogP) is 3.32. The lowest BCUT2D eigenvalue weighted by Gasteiger charge is -2.09. The van der Waals surface area contributed by atoms with Gasteiger partial charge in [0.25, 0.3) is 0 Å². The summed E-state index contributed by atoms with van der Waals surface area (Å²) < 4.78 is 10.5. The van der Waals surface area contributed by atoms with Crippen LogP contribution in [0.1, 0.15) is 22.4 Å². The van der Waals surface area contributed by atoms with Crippen molar-refractivity contribution < 1.29 is 14.3 Å². The molecular formula is C17H21NO3S. The lowest BCUT2D eigenvalue weighted by molar-refractivity contribution is -0.121. The molecule has 0 unspecified atom stereocenters. The van der Waals surface area contributed by atoms with E-state index in [0.717, 1.165) is 17.1 Å². The molecule has 2 aromatic rings. The first-order chi connectivity index (χ1) is 10.6. The monoisotopic (exact) mass is 319 g/mol. The van der Waals surface area contributed by atoms with Gasteiger partial charge in [-0.25, -0.2) is 0 Å². The highest BCUT2D eigenvalue weighted by Crippen LogP contribution is 2.23. The van der Waals surface area contributed by atoms with Gasteiger partial charge in [0.1, 0.15) is 11.5 Å². The van der Waals surface area contributed by atoms with Crippen LogP contribution in [0.2, 0.25) is 0 Å². The van der Waals surface area contributed by atoms with Gasteiger partial charge in [0.2, 0.25) is 5.91 Å². The van der Waals surface area contributed by atoms with Crippen LogP contribution in [0.25, 0.3) is 0 Å². The number of carbonyl (C=O) groups is 1. The maximum absolute atomic E-state index is 12.0. The molecular weight excluding hydrogens is 298 g/mol. The number of hydrogen-bond donors (Lipinski definition) is 1. The summed E-state index contributed by atoms with van der Waals surface area (Å²) in [5.41, 5.74) is 2.25. The Bertz CT molecular complexity index is 614. The van der Waals surface area contributed by atoms with Gasteiger partial charge in [0, 0.05) is 17.4 Å². The number of thiophene rings is 1. The molecule has 0 spiro atoms. The van der Waals surface area contributed by atoms with E-state index in [1.165, 1.54) is 10.4 Å². The Balaban J connectivity index is 1.87. The highest BCUT2D eigenvalue weighted by Gasteiger charge is 2.07. The number of benzene rings is 1. The molecule has 4 nitrogen and oxygen atoms in total. The third-order valence-electron chi connectivity index (χ3n) is 3.47. The van der Waals surface area contributed by atoms with Gasteiger partial charge in [-0.1, -0.05) is 0 Å².